The van der Waals surface area contributed by atoms with Crippen molar-refractivity contribution in [3.63, 3.8) is 0 Å². The first kappa shape index (κ1) is 13.0. The molecule has 1 atom stereocenters. The average Bonchev–Trinajstić information content (AvgIpc) is 2.39. The fourth-order valence-corrected chi connectivity index (χ4v) is 2.49. The van der Waals surface area contributed by atoms with Gasteiger partial charge in [-0.15, -0.1) is 0 Å². The van der Waals surface area contributed by atoms with Gasteiger partial charge in [-0.05, 0) is 31.9 Å². The molecule has 1 fully saturated rings. The van der Waals surface area contributed by atoms with Gasteiger partial charge < -0.3 is 20.1 Å². The Morgan fingerprint density at radius 1 is 1.33 bits per heavy atom. The third kappa shape index (κ3) is 2.53. The van der Waals surface area contributed by atoms with E-state index in [9.17, 15) is 0 Å². The third-order valence-electron chi connectivity index (χ3n) is 3.73. The highest BCUT2D eigenvalue weighted by Gasteiger charge is 2.30. The minimum absolute atomic E-state index is 0.0626. The summed E-state index contributed by atoms with van der Waals surface area (Å²) >= 11 is 0. The van der Waals surface area contributed by atoms with E-state index in [2.05, 4.69) is 11.8 Å². The molecule has 0 aliphatic carbocycles. The van der Waals surface area contributed by atoms with E-state index in [4.69, 9.17) is 15.2 Å². The van der Waals surface area contributed by atoms with Gasteiger partial charge in [0.2, 0.25) is 0 Å². The lowest BCUT2D eigenvalue weighted by molar-refractivity contribution is -0.00466. The maximum Gasteiger partial charge on any atom is 0.143 e. The number of hydrogen-bond acceptors (Lipinski definition) is 4. The molecule has 2 N–H and O–H groups in total. The highest BCUT2D eigenvalue weighted by atomic mass is 16.5. The van der Waals surface area contributed by atoms with Gasteiger partial charge in [-0.1, -0.05) is 0 Å². The number of nitrogens with zero attached hydrogens (tertiary/aromatic N) is 1. The van der Waals surface area contributed by atoms with Crippen LogP contribution in [0, 0.1) is 0 Å². The predicted octanol–water partition coefficient (Wildman–Crippen LogP) is 2.28. The minimum Gasteiger partial charge on any atom is -0.495 e. The number of benzene rings is 1. The van der Waals surface area contributed by atoms with Gasteiger partial charge >= 0.3 is 0 Å². The van der Waals surface area contributed by atoms with E-state index in [0.717, 1.165) is 37.4 Å². The number of nitrogen functional groups attached to an aromatic ring is 1. The lowest BCUT2D eigenvalue weighted by atomic mass is 9.94. The molecule has 18 heavy (non-hydrogen) atoms. The Balaban J connectivity index is 2.21. The molecule has 1 aliphatic heterocycles. The smallest absolute Gasteiger partial charge is 0.143 e. The first-order valence-corrected chi connectivity index (χ1v) is 6.31. The zero-order valence-electron chi connectivity index (χ0n) is 11.4. The molecule has 1 aromatic rings. The van der Waals surface area contributed by atoms with Crippen molar-refractivity contribution in [1.82, 2.24) is 0 Å². The number of rotatable bonds is 3. The summed E-state index contributed by atoms with van der Waals surface area (Å²) in [7, 11) is 3.43. The van der Waals surface area contributed by atoms with Crippen molar-refractivity contribution in [3.8, 4) is 5.75 Å². The highest BCUT2D eigenvalue weighted by molar-refractivity contribution is 5.62. The number of nitrogens with two attached hydrogens (primary N) is 1. The van der Waals surface area contributed by atoms with Crippen molar-refractivity contribution < 1.29 is 9.47 Å². The Morgan fingerprint density at radius 3 is 2.78 bits per heavy atom. The first-order valence-electron chi connectivity index (χ1n) is 6.31. The summed E-state index contributed by atoms with van der Waals surface area (Å²) in [6, 6.07) is 5.93. The van der Waals surface area contributed by atoms with Crippen molar-refractivity contribution >= 4 is 11.4 Å². The summed E-state index contributed by atoms with van der Waals surface area (Å²) in [5.74, 6) is 0.734. The van der Waals surface area contributed by atoms with Crippen LogP contribution in [0.2, 0.25) is 0 Å². The van der Waals surface area contributed by atoms with Crippen LogP contribution >= 0.6 is 0 Å². The van der Waals surface area contributed by atoms with E-state index in [0.29, 0.717) is 5.69 Å². The number of methoxy groups -OCH3 is 2. The maximum atomic E-state index is 5.84. The van der Waals surface area contributed by atoms with Gasteiger partial charge in [0.15, 0.2) is 0 Å². The molecule has 4 heteroatoms. The van der Waals surface area contributed by atoms with Gasteiger partial charge in [-0.3, -0.25) is 0 Å². The molecular weight excluding hydrogens is 228 g/mol. The molecule has 4 nitrogen and oxygen atoms in total. The van der Waals surface area contributed by atoms with Crippen LogP contribution in [0.4, 0.5) is 11.4 Å². The average molecular weight is 250 g/mol. The van der Waals surface area contributed by atoms with E-state index in [1.54, 1.807) is 14.2 Å². The summed E-state index contributed by atoms with van der Waals surface area (Å²) in [4.78, 5) is 2.33. The standard InChI is InChI=1S/C14H22N2O2/c1-14(18-3)7-4-8-16(10-14)11-5-6-12(15)13(9-11)17-2/h5-6,9H,4,7-8,10,15H2,1-3H3. The highest BCUT2D eigenvalue weighted by Crippen LogP contribution is 2.32. The lowest BCUT2D eigenvalue weighted by Gasteiger charge is -2.40. The Labute approximate surface area is 109 Å². The Morgan fingerprint density at radius 2 is 2.11 bits per heavy atom. The van der Waals surface area contributed by atoms with E-state index < -0.39 is 0 Å². The molecule has 0 bridgehead atoms. The van der Waals surface area contributed by atoms with Crippen molar-refractivity contribution in [3.05, 3.63) is 18.2 Å². The molecule has 1 saturated heterocycles. The molecule has 1 unspecified atom stereocenters. The first-order chi connectivity index (χ1) is 8.58. The predicted molar refractivity (Wildman–Crippen MR) is 74.3 cm³/mol. The molecule has 1 aliphatic rings. The zero-order valence-corrected chi connectivity index (χ0v) is 11.4. The van der Waals surface area contributed by atoms with Gasteiger partial charge in [0.05, 0.1) is 18.4 Å². The molecule has 0 aromatic heterocycles. The fourth-order valence-electron chi connectivity index (χ4n) is 2.49. The molecular formula is C14H22N2O2. The second-order valence-electron chi connectivity index (χ2n) is 5.11. The van der Waals surface area contributed by atoms with Crippen molar-refractivity contribution in [2.75, 3.05) is 37.9 Å². The van der Waals surface area contributed by atoms with Gasteiger partial charge in [0.1, 0.15) is 5.75 Å². The Bertz CT molecular complexity index is 422. The molecule has 100 valence electrons. The fraction of sp³-hybridized carbons (Fsp3) is 0.571. The second-order valence-corrected chi connectivity index (χ2v) is 5.11. The summed E-state index contributed by atoms with van der Waals surface area (Å²) in [5, 5.41) is 0. The third-order valence-corrected chi connectivity index (χ3v) is 3.73. The largest absolute Gasteiger partial charge is 0.495 e. The molecule has 0 saturated carbocycles. The zero-order chi connectivity index (χ0) is 13.2. The molecule has 1 heterocycles. The summed E-state index contributed by atoms with van der Waals surface area (Å²) in [5.41, 5.74) is 7.59. The van der Waals surface area contributed by atoms with Crippen LogP contribution in [0.3, 0.4) is 0 Å². The van der Waals surface area contributed by atoms with Crippen LogP contribution in [0.15, 0.2) is 18.2 Å². The number of piperidine rings is 1. The van der Waals surface area contributed by atoms with Crippen LogP contribution < -0.4 is 15.4 Å². The van der Waals surface area contributed by atoms with Crippen molar-refractivity contribution in [1.29, 1.82) is 0 Å². The lowest BCUT2D eigenvalue weighted by Crippen LogP contribution is -2.47. The van der Waals surface area contributed by atoms with Crippen LogP contribution in [0.25, 0.3) is 0 Å². The number of anilines is 2. The monoisotopic (exact) mass is 250 g/mol. The summed E-state index contributed by atoms with van der Waals surface area (Å²) < 4.78 is 10.9. The van der Waals surface area contributed by atoms with Gasteiger partial charge in [0, 0.05) is 32.0 Å². The maximum absolute atomic E-state index is 5.84. The van der Waals surface area contributed by atoms with E-state index in [-0.39, 0.29) is 5.60 Å². The minimum atomic E-state index is -0.0626. The van der Waals surface area contributed by atoms with Crippen LogP contribution in [0.1, 0.15) is 19.8 Å². The van der Waals surface area contributed by atoms with E-state index in [1.165, 1.54) is 0 Å². The van der Waals surface area contributed by atoms with Crippen molar-refractivity contribution in [2.24, 2.45) is 0 Å². The molecule has 0 amide bonds. The van der Waals surface area contributed by atoms with Crippen LogP contribution in [-0.2, 0) is 4.74 Å². The Hall–Kier alpha value is -1.42. The Kier molecular flexibility index (Phi) is 3.66. The van der Waals surface area contributed by atoms with E-state index in [1.807, 2.05) is 18.2 Å². The topological polar surface area (TPSA) is 47.7 Å². The van der Waals surface area contributed by atoms with Gasteiger partial charge in [-0.2, -0.15) is 0 Å². The van der Waals surface area contributed by atoms with Gasteiger partial charge in [-0.25, -0.2) is 0 Å². The number of ether oxygens (including phenoxy) is 2. The normalized spacial score (nSPS) is 24.1. The summed E-state index contributed by atoms with van der Waals surface area (Å²) in [6.45, 7) is 4.11. The molecule has 0 radical (unpaired) electrons. The summed E-state index contributed by atoms with van der Waals surface area (Å²) in [6.07, 6.45) is 2.24. The SMILES string of the molecule is COc1cc(N2CCCC(C)(OC)C2)ccc1N. The van der Waals surface area contributed by atoms with E-state index >= 15 is 0 Å². The van der Waals surface area contributed by atoms with Crippen LogP contribution in [0.5, 0.6) is 5.75 Å². The van der Waals surface area contributed by atoms with Gasteiger partial charge in [0.25, 0.3) is 0 Å². The van der Waals surface area contributed by atoms with Crippen LogP contribution in [-0.4, -0.2) is 32.9 Å². The second kappa shape index (κ2) is 5.06. The number of hydrogen-bond donors (Lipinski definition) is 1. The van der Waals surface area contributed by atoms with Crippen molar-refractivity contribution in [2.45, 2.75) is 25.4 Å². The molecule has 2 rings (SSSR count). The quantitative estimate of drug-likeness (QED) is 0.836. The molecule has 0 spiro atoms. The molecule has 1 aromatic carbocycles.